The van der Waals surface area contributed by atoms with E-state index >= 15 is 0 Å². The lowest BCUT2D eigenvalue weighted by Crippen LogP contribution is -2.35. The van der Waals surface area contributed by atoms with Crippen LogP contribution in [0.1, 0.15) is 5.76 Å². The van der Waals surface area contributed by atoms with Crippen LogP contribution in [0.25, 0.3) is 11.1 Å². The number of halogens is 1. The Labute approximate surface area is 166 Å². The van der Waals surface area contributed by atoms with Gasteiger partial charge in [-0.3, -0.25) is 0 Å². The van der Waals surface area contributed by atoms with Crippen molar-refractivity contribution in [3.05, 3.63) is 66.4 Å². The molecule has 2 aromatic heterocycles. The zero-order valence-corrected chi connectivity index (χ0v) is 15.5. The van der Waals surface area contributed by atoms with E-state index in [4.69, 9.17) is 9.26 Å². The number of nitrogens with zero attached hydrogens (tertiary/aromatic N) is 3. The number of hydrogen-bond acceptors (Lipinski definition) is 6. The van der Waals surface area contributed by atoms with Crippen LogP contribution in [0, 0.1) is 17.7 Å². The van der Waals surface area contributed by atoms with Crippen molar-refractivity contribution in [1.29, 1.82) is 0 Å². The predicted octanol–water partition coefficient (Wildman–Crippen LogP) is 3.24. The first-order chi connectivity index (χ1) is 14.2. The average molecular weight is 394 g/mol. The van der Waals surface area contributed by atoms with Crippen LogP contribution in [0.5, 0.6) is 0 Å². The monoisotopic (exact) mass is 394 g/mol. The summed E-state index contributed by atoms with van der Waals surface area (Å²) in [6, 6.07) is 12.2. The highest BCUT2D eigenvalue weighted by atomic mass is 19.1. The number of carbonyl (C=O) groups is 1. The van der Waals surface area contributed by atoms with Crippen molar-refractivity contribution in [2.24, 2.45) is 11.8 Å². The molecule has 2 unspecified atom stereocenters. The number of alkyl carbamates (subject to hydrolysis) is 1. The molecule has 0 spiro atoms. The van der Waals surface area contributed by atoms with Crippen molar-refractivity contribution in [3.63, 3.8) is 0 Å². The number of rotatable bonds is 5. The molecule has 1 amide bonds. The molecule has 1 aliphatic carbocycles. The second-order valence-corrected chi connectivity index (χ2v) is 7.37. The lowest BCUT2D eigenvalue weighted by molar-refractivity contribution is 0.126. The van der Waals surface area contributed by atoms with Gasteiger partial charge in [0, 0.05) is 48.8 Å². The van der Waals surface area contributed by atoms with Crippen LogP contribution >= 0.6 is 0 Å². The highest BCUT2D eigenvalue weighted by Gasteiger charge is 2.57. The van der Waals surface area contributed by atoms with Gasteiger partial charge in [0.2, 0.25) is 0 Å². The number of aromatic nitrogens is 2. The van der Waals surface area contributed by atoms with E-state index in [0.717, 1.165) is 30.0 Å². The Morgan fingerprint density at radius 2 is 1.90 bits per heavy atom. The molecule has 2 atom stereocenters. The summed E-state index contributed by atoms with van der Waals surface area (Å²) in [5.74, 6) is 1.99. The van der Waals surface area contributed by atoms with Gasteiger partial charge >= 0.3 is 6.09 Å². The van der Waals surface area contributed by atoms with Gasteiger partial charge < -0.3 is 19.5 Å². The average Bonchev–Trinajstić information content (AvgIpc) is 3.16. The molecule has 0 bridgehead atoms. The molecule has 2 fully saturated rings. The van der Waals surface area contributed by atoms with Gasteiger partial charge in [-0.25, -0.2) is 14.2 Å². The second kappa shape index (κ2) is 7.20. The van der Waals surface area contributed by atoms with Crippen LogP contribution in [0.15, 0.2) is 59.4 Å². The highest BCUT2D eigenvalue weighted by Crippen LogP contribution is 2.46. The Bertz CT molecular complexity index is 980. The van der Waals surface area contributed by atoms with Gasteiger partial charge in [0.1, 0.15) is 11.6 Å². The number of anilines is 1. The summed E-state index contributed by atoms with van der Waals surface area (Å²) in [6.07, 6.45) is 2.88. The van der Waals surface area contributed by atoms with E-state index in [-0.39, 0.29) is 18.5 Å². The predicted molar refractivity (Wildman–Crippen MR) is 102 cm³/mol. The Hall–Kier alpha value is -3.42. The van der Waals surface area contributed by atoms with Gasteiger partial charge in [0.05, 0.1) is 6.20 Å². The first-order valence-corrected chi connectivity index (χ1v) is 9.47. The maximum absolute atomic E-state index is 13.1. The van der Waals surface area contributed by atoms with Gasteiger partial charge in [-0.1, -0.05) is 17.3 Å². The van der Waals surface area contributed by atoms with Crippen molar-refractivity contribution in [2.45, 2.75) is 12.6 Å². The van der Waals surface area contributed by atoms with Crippen LogP contribution < -0.4 is 10.2 Å². The summed E-state index contributed by atoms with van der Waals surface area (Å²) in [6.45, 7) is 1.77. The highest BCUT2D eigenvalue weighted by molar-refractivity contribution is 5.68. The fourth-order valence-electron chi connectivity index (χ4n) is 3.94. The first-order valence-electron chi connectivity index (χ1n) is 9.47. The maximum atomic E-state index is 13.1. The summed E-state index contributed by atoms with van der Waals surface area (Å²) in [5, 5.41) is 6.49. The smallest absolute Gasteiger partial charge is 0.407 e. The third-order valence-electron chi connectivity index (χ3n) is 5.56. The van der Waals surface area contributed by atoms with Crippen LogP contribution in [0.2, 0.25) is 0 Å². The number of ether oxygens (including phenoxy) is 1. The van der Waals surface area contributed by atoms with Crippen LogP contribution in [0.4, 0.5) is 15.0 Å². The molecule has 1 aromatic carbocycles. The summed E-state index contributed by atoms with van der Waals surface area (Å²) in [5.41, 5.74) is 1.88. The van der Waals surface area contributed by atoms with Crippen LogP contribution in [-0.2, 0) is 11.3 Å². The minimum Gasteiger partial charge on any atom is -0.441 e. The number of amides is 1. The van der Waals surface area contributed by atoms with Crippen LogP contribution in [0.3, 0.4) is 0 Å². The first kappa shape index (κ1) is 17.7. The fourth-order valence-corrected chi connectivity index (χ4v) is 3.94. The molecular formula is C21H19FN4O3. The number of pyridine rings is 1. The van der Waals surface area contributed by atoms with E-state index in [0.29, 0.717) is 17.6 Å². The molecule has 5 rings (SSSR count). The van der Waals surface area contributed by atoms with Crippen molar-refractivity contribution >= 4 is 11.9 Å². The molecule has 3 aromatic rings. The van der Waals surface area contributed by atoms with E-state index in [9.17, 15) is 9.18 Å². The molecule has 1 saturated carbocycles. The fraction of sp³-hybridized carbons (Fsp3) is 0.286. The van der Waals surface area contributed by atoms with Gasteiger partial charge in [-0.2, -0.15) is 0 Å². The van der Waals surface area contributed by atoms with E-state index in [1.807, 2.05) is 18.3 Å². The van der Waals surface area contributed by atoms with Gasteiger partial charge in [0.25, 0.3) is 0 Å². The third-order valence-corrected chi connectivity index (χ3v) is 5.56. The van der Waals surface area contributed by atoms with Crippen LogP contribution in [-0.4, -0.2) is 35.4 Å². The number of nitrogens with one attached hydrogen (secondary N) is 1. The van der Waals surface area contributed by atoms with E-state index in [2.05, 4.69) is 20.4 Å². The Kier molecular flexibility index (Phi) is 4.38. The molecule has 0 radical (unpaired) electrons. The van der Waals surface area contributed by atoms with E-state index in [1.165, 1.54) is 18.3 Å². The lowest BCUT2D eigenvalue weighted by atomic mass is 10.1. The van der Waals surface area contributed by atoms with Crippen molar-refractivity contribution in [1.82, 2.24) is 15.5 Å². The molecule has 1 saturated heterocycles. The lowest BCUT2D eigenvalue weighted by Gasteiger charge is -2.21. The molecular weight excluding hydrogens is 375 g/mol. The Morgan fingerprint density at radius 1 is 1.14 bits per heavy atom. The molecule has 8 heteroatoms. The zero-order chi connectivity index (χ0) is 19.8. The largest absolute Gasteiger partial charge is 0.441 e. The topological polar surface area (TPSA) is 80.5 Å². The Balaban J connectivity index is 1.12. The maximum Gasteiger partial charge on any atom is 0.407 e. The summed E-state index contributed by atoms with van der Waals surface area (Å²) < 4.78 is 23.1. The van der Waals surface area contributed by atoms with Crippen molar-refractivity contribution in [2.75, 3.05) is 18.0 Å². The number of hydrogen-bond donors (Lipinski definition) is 1. The van der Waals surface area contributed by atoms with Gasteiger partial charge in [-0.15, -0.1) is 0 Å². The van der Waals surface area contributed by atoms with E-state index < -0.39 is 6.09 Å². The molecule has 7 nitrogen and oxygen atoms in total. The zero-order valence-electron chi connectivity index (χ0n) is 15.5. The molecule has 2 aliphatic rings. The standard InChI is InChI=1S/C21H19FN4O3/c22-15-4-1-13(2-5-15)14-3-6-19(23-9-14)26-10-17-18(11-26)20(17)25-21(27)28-12-16-7-8-24-29-16/h1-9,17-18,20H,10-12H2,(H,25,27). The van der Waals surface area contributed by atoms with Crippen molar-refractivity contribution < 1.29 is 18.4 Å². The quantitative estimate of drug-likeness (QED) is 0.716. The SMILES string of the molecule is O=C(NC1C2CN(c3ccc(-c4ccc(F)cc4)cn3)CC21)OCc1ccno1. The molecule has 3 heterocycles. The summed E-state index contributed by atoms with van der Waals surface area (Å²) >= 11 is 0. The normalized spacial score (nSPS) is 22.2. The number of fused-ring (bicyclic) bond motifs is 1. The minimum atomic E-state index is -0.436. The number of carbonyl (C=O) groups excluding carboxylic acids is 1. The minimum absolute atomic E-state index is 0.0737. The van der Waals surface area contributed by atoms with Gasteiger partial charge in [-0.05, 0) is 29.8 Å². The number of benzene rings is 1. The summed E-state index contributed by atoms with van der Waals surface area (Å²) in [4.78, 5) is 18.7. The van der Waals surface area contributed by atoms with Crippen molar-refractivity contribution in [3.8, 4) is 11.1 Å². The molecule has 1 N–H and O–H groups in total. The molecule has 148 valence electrons. The summed E-state index contributed by atoms with van der Waals surface area (Å²) in [7, 11) is 0. The molecule has 1 aliphatic heterocycles. The third kappa shape index (κ3) is 3.65. The van der Waals surface area contributed by atoms with E-state index in [1.54, 1.807) is 18.2 Å². The molecule has 29 heavy (non-hydrogen) atoms. The number of piperidine rings is 1. The second-order valence-electron chi connectivity index (χ2n) is 7.37. The Morgan fingerprint density at radius 3 is 2.55 bits per heavy atom. The van der Waals surface area contributed by atoms with Gasteiger partial charge in [0.15, 0.2) is 12.4 Å².